The van der Waals surface area contributed by atoms with Crippen LogP contribution in [0.25, 0.3) is 0 Å². The monoisotopic (exact) mass is 285 g/mol. The van der Waals surface area contributed by atoms with Crippen molar-refractivity contribution in [3.8, 4) is 0 Å². The van der Waals surface area contributed by atoms with Crippen LogP contribution >= 0.6 is 0 Å². The molecule has 1 amide bonds. The Morgan fingerprint density at radius 1 is 1.30 bits per heavy atom. The van der Waals surface area contributed by atoms with Gasteiger partial charge in [0.05, 0.1) is 24.8 Å². The summed E-state index contributed by atoms with van der Waals surface area (Å²) in [6.45, 7) is 1.44. The van der Waals surface area contributed by atoms with E-state index in [-0.39, 0.29) is 24.3 Å². The van der Waals surface area contributed by atoms with Crippen LogP contribution in [-0.2, 0) is 9.53 Å². The fourth-order valence-electron chi connectivity index (χ4n) is 2.02. The maximum Gasteiger partial charge on any atom is 0.311 e. The summed E-state index contributed by atoms with van der Waals surface area (Å²) in [4.78, 5) is 22.9. The third-order valence-corrected chi connectivity index (χ3v) is 3.21. The van der Waals surface area contributed by atoms with Crippen molar-refractivity contribution in [2.75, 3.05) is 13.2 Å². The van der Waals surface area contributed by atoms with Gasteiger partial charge < -0.3 is 15.2 Å². The van der Waals surface area contributed by atoms with Crippen molar-refractivity contribution in [1.29, 1.82) is 0 Å². The fourth-order valence-corrected chi connectivity index (χ4v) is 2.02. The summed E-state index contributed by atoms with van der Waals surface area (Å²) in [7, 11) is 0. The van der Waals surface area contributed by atoms with E-state index in [9.17, 15) is 18.4 Å². The van der Waals surface area contributed by atoms with Crippen LogP contribution in [0.3, 0.4) is 0 Å². The van der Waals surface area contributed by atoms with Gasteiger partial charge in [0, 0.05) is 6.07 Å². The van der Waals surface area contributed by atoms with Gasteiger partial charge in [-0.15, -0.1) is 0 Å². The van der Waals surface area contributed by atoms with Crippen molar-refractivity contribution < 1.29 is 28.2 Å². The highest BCUT2D eigenvalue weighted by atomic mass is 19.1. The van der Waals surface area contributed by atoms with Crippen LogP contribution in [0.2, 0.25) is 0 Å². The number of carboxylic acids is 1. The number of amides is 1. The number of nitrogens with one attached hydrogen (secondary N) is 1. The molecule has 1 aromatic rings. The number of benzene rings is 1. The predicted octanol–water partition coefficient (Wildman–Crippen LogP) is 1.10. The highest BCUT2D eigenvalue weighted by Crippen LogP contribution is 2.17. The molecule has 1 fully saturated rings. The number of rotatable bonds is 3. The molecule has 2 N–H and O–H groups in total. The summed E-state index contributed by atoms with van der Waals surface area (Å²) >= 11 is 0. The Bertz CT molecular complexity index is 562. The van der Waals surface area contributed by atoms with Crippen LogP contribution in [0.4, 0.5) is 8.78 Å². The number of aryl methyl sites for hydroxylation is 1. The average Bonchev–Trinajstić information content (AvgIpc) is 2.81. The summed E-state index contributed by atoms with van der Waals surface area (Å²) in [6.07, 6.45) is 0. The minimum absolute atomic E-state index is 0.00872. The van der Waals surface area contributed by atoms with Crippen LogP contribution in [-0.4, -0.2) is 36.2 Å². The van der Waals surface area contributed by atoms with Crippen LogP contribution in [0, 0.1) is 24.5 Å². The highest BCUT2D eigenvalue weighted by Gasteiger charge is 2.35. The Morgan fingerprint density at radius 3 is 2.65 bits per heavy atom. The number of hydrogen-bond donors (Lipinski definition) is 2. The third kappa shape index (κ3) is 2.77. The molecule has 0 bridgehead atoms. The zero-order chi connectivity index (χ0) is 14.9. The molecule has 108 valence electrons. The second kappa shape index (κ2) is 5.54. The minimum atomic E-state index is -1.09. The summed E-state index contributed by atoms with van der Waals surface area (Å²) < 4.78 is 31.7. The molecule has 1 heterocycles. The standard InChI is InChI=1S/C13H13F2NO4/c1-6-2-7(10(15)3-9(6)14)12(17)16-11-5-20-4-8(11)13(18)19/h2-3,8,11H,4-5H2,1H3,(H,16,17)(H,18,19). The fraction of sp³-hybridized carbons (Fsp3) is 0.385. The number of carboxylic acid groups (broad SMARTS) is 1. The van der Waals surface area contributed by atoms with Crippen molar-refractivity contribution in [1.82, 2.24) is 5.32 Å². The van der Waals surface area contributed by atoms with E-state index < -0.39 is 35.5 Å². The summed E-state index contributed by atoms with van der Waals surface area (Å²) in [6, 6.07) is 0.986. The molecular formula is C13H13F2NO4. The zero-order valence-electron chi connectivity index (χ0n) is 10.7. The molecule has 0 aliphatic carbocycles. The van der Waals surface area contributed by atoms with Crippen molar-refractivity contribution in [2.24, 2.45) is 5.92 Å². The van der Waals surface area contributed by atoms with Crippen LogP contribution in [0.5, 0.6) is 0 Å². The van der Waals surface area contributed by atoms with E-state index in [1.807, 2.05) is 0 Å². The van der Waals surface area contributed by atoms with E-state index in [0.717, 1.165) is 6.07 Å². The van der Waals surface area contributed by atoms with Gasteiger partial charge in [0.1, 0.15) is 17.6 Å². The van der Waals surface area contributed by atoms with Gasteiger partial charge in [0.2, 0.25) is 0 Å². The Balaban J connectivity index is 2.16. The van der Waals surface area contributed by atoms with Gasteiger partial charge in [-0.1, -0.05) is 0 Å². The molecule has 0 spiro atoms. The van der Waals surface area contributed by atoms with Gasteiger partial charge in [-0.25, -0.2) is 8.78 Å². The lowest BCUT2D eigenvalue weighted by molar-refractivity contribution is -0.142. The number of aliphatic carboxylic acids is 1. The largest absolute Gasteiger partial charge is 0.481 e. The van der Waals surface area contributed by atoms with Crippen molar-refractivity contribution >= 4 is 11.9 Å². The molecule has 7 heteroatoms. The molecule has 1 aliphatic rings. The minimum Gasteiger partial charge on any atom is -0.481 e. The van der Waals surface area contributed by atoms with E-state index in [1.165, 1.54) is 6.92 Å². The molecule has 20 heavy (non-hydrogen) atoms. The molecule has 2 unspecified atom stereocenters. The first-order chi connectivity index (χ1) is 9.40. The van der Waals surface area contributed by atoms with Gasteiger partial charge in [0.15, 0.2) is 0 Å². The summed E-state index contributed by atoms with van der Waals surface area (Å²) in [5.74, 6) is -4.48. The lowest BCUT2D eigenvalue weighted by Crippen LogP contribution is -2.43. The summed E-state index contributed by atoms with van der Waals surface area (Å²) in [5.41, 5.74) is -0.186. The molecular weight excluding hydrogens is 272 g/mol. The van der Waals surface area contributed by atoms with Crippen LogP contribution < -0.4 is 5.32 Å². The normalized spacial score (nSPS) is 21.8. The molecule has 5 nitrogen and oxygen atoms in total. The number of carbonyl (C=O) groups is 2. The predicted molar refractivity (Wildman–Crippen MR) is 64.3 cm³/mol. The van der Waals surface area contributed by atoms with Crippen LogP contribution in [0.15, 0.2) is 12.1 Å². The van der Waals surface area contributed by atoms with Gasteiger partial charge in [0.25, 0.3) is 5.91 Å². The Hall–Kier alpha value is -2.02. The van der Waals surface area contributed by atoms with Gasteiger partial charge in [-0.2, -0.15) is 0 Å². The second-order valence-corrected chi connectivity index (χ2v) is 4.64. The van der Waals surface area contributed by atoms with E-state index in [4.69, 9.17) is 9.84 Å². The number of hydrogen-bond acceptors (Lipinski definition) is 3. The van der Waals surface area contributed by atoms with Crippen molar-refractivity contribution in [2.45, 2.75) is 13.0 Å². The van der Waals surface area contributed by atoms with E-state index >= 15 is 0 Å². The molecule has 0 radical (unpaired) electrons. The lowest BCUT2D eigenvalue weighted by Gasteiger charge is -2.16. The first-order valence-corrected chi connectivity index (χ1v) is 5.97. The van der Waals surface area contributed by atoms with E-state index in [1.54, 1.807) is 0 Å². The molecule has 2 atom stereocenters. The van der Waals surface area contributed by atoms with Crippen molar-refractivity contribution in [3.63, 3.8) is 0 Å². The van der Waals surface area contributed by atoms with Crippen LogP contribution in [0.1, 0.15) is 15.9 Å². The van der Waals surface area contributed by atoms with Crippen molar-refractivity contribution in [3.05, 3.63) is 34.9 Å². The quantitative estimate of drug-likeness (QED) is 0.872. The maximum absolute atomic E-state index is 13.6. The van der Waals surface area contributed by atoms with Gasteiger partial charge >= 0.3 is 5.97 Å². The Kier molecular flexibility index (Phi) is 3.99. The number of halogens is 2. The average molecular weight is 285 g/mol. The van der Waals surface area contributed by atoms with Gasteiger partial charge in [-0.05, 0) is 18.6 Å². The first kappa shape index (κ1) is 14.4. The first-order valence-electron chi connectivity index (χ1n) is 5.97. The molecule has 2 rings (SSSR count). The molecule has 1 aliphatic heterocycles. The molecule has 1 aromatic carbocycles. The lowest BCUT2D eigenvalue weighted by atomic mass is 10.0. The van der Waals surface area contributed by atoms with E-state index in [2.05, 4.69) is 5.32 Å². The number of ether oxygens (including phenoxy) is 1. The smallest absolute Gasteiger partial charge is 0.311 e. The molecule has 1 saturated heterocycles. The van der Waals surface area contributed by atoms with E-state index in [0.29, 0.717) is 6.07 Å². The SMILES string of the molecule is Cc1cc(C(=O)NC2COCC2C(=O)O)c(F)cc1F. The Morgan fingerprint density at radius 2 is 2.00 bits per heavy atom. The topological polar surface area (TPSA) is 75.6 Å². The Labute approximate surface area is 113 Å². The van der Waals surface area contributed by atoms with Gasteiger partial charge in [-0.3, -0.25) is 9.59 Å². The highest BCUT2D eigenvalue weighted by molar-refractivity contribution is 5.95. The third-order valence-electron chi connectivity index (χ3n) is 3.21. The zero-order valence-corrected chi connectivity index (χ0v) is 10.7. The number of carbonyl (C=O) groups excluding carboxylic acids is 1. The maximum atomic E-state index is 13.6. The molecule has 0 aromatic heterocycles. The molecule has 0 saturated carbocycles. The second-order valence-electron chi connectivity index (χ2n) is 4.64. The summed E-state index contributed by atoms with van der Waals surface area (Å²) in [5, 5.41) is 11.4.